The van der Waals surface area contributed by atoms with E-state index in [1.165, 1.54) is 0 Å². The molecule has 43 heavy (non-hydrogen) atoms. The lowest BCUT2D eigenvalue weighted by molar-refractivity contribution is -0.0469. The predicted molar refractivity (Wildman–Crippen MR) is 168 cm³/mol. The smallest absolute Gasteiger partial charge is 0.187 e. The van der Waals surface area contributed by atoms with Crippen LogP contribution in [0.25, 0.3) is 11.1 Å². The molecule has 0 spiro atoms. The quantitative estimate of drug-likeness (QED) is 0.125. The van der Waals surface area contributed by atoms with E-state index in [0.717, 1.165) is 39.7 Å². The van der Waals surface area contributed by atoms with Crippen LogP contribution < -0.4 is 9.47 Å². The van der Waals surface area contributed by atoms with Crippen molar-refractivity contribution >= 4 is 6.29 Å². The van der Waals surface area contributed by atoms with Crippen molar-refractivity contribution in [2.45, 2.75) is 31.8 Å². The zero-order valence-corrected chi connectivity index (χ0v) is 24.3. The van der Waals surface area contributed by atoms with Gasteiger partial charge in [0.1, 0.15) is 11.5 Å². The number of benzene rings is 5. The van der Waals surface area contributed by atoms with E-state index in [2.05, 4.69) is 36.4 Å². The van der Waals surface area contributed by atoms with Crippen LogP contribution in [0.3, 0.4) is 0 Å². The minimum atomic E-state index is -0.975. The first-order valence-electron chi connectivity index (χ1n) is 14.6. The lowest BCUT2D eigenvalue weighted by Gasteiger charge is -2.37. The Bertz CT molecular complexity index is 1560. The van der Waals surface area contributed by atoms with Gasteiger partial charge in [-0.3, -0.25) is 4.79 Å². The molecular weight excluding hydrogens is 536 g/mol. The van der Waals surface area contributed by atoms with Gasteiger partial charge < -0.3 is 18.9 Å². The highest BCUT2D eigenvalue weighted by Crippen LogP contribution is 2.45. The van der Waals surface area contributed by atoms with Crippen molar-refractivity contribution in [3.05, 3.63) is 155 Å². The molecule has 0 amide bonds. The second-order valence-electron chi connectivity index (χ2n) is 10.7. The van der Waals surface area contributed by atoms with Crippen molar-refractivity contribution in [3.63, 3.8) is 0 Å². The Morgan fingerprint density at radius 3 is 1.79 bits per heavy atom. The SMILES string of the molecule is CC(C)Oc1ccc(C=O)c(-c2ccc(OC(c3ccccc3)(c3ccccc3)c3ccccc3)c(C3OCCO3)c2)c1. The van der Waals surface area contributed by atoms with Gasteiger partial charge in [-0.25, -0.2) is 0 Å². The van der Waals surface area contributed by atoms with E-state index >= 15 is 0 Å². The molecule has 0 aromatic heterocycles. The van der Waals surface area contributed by atoms with Crippen LogP contribution in [-0.2, 0) is 15.1 Å². The maximum atomic E-state index is 12.1. The summed E-state index contributed by atoms with van der Waals surface area (Å²) in [6.45, 7) is 4.91. The third kappa shape index (κ3) is 5.82. The number of hydrogen-bond donors (Lipinski definition) is 0. The summed E-state index contributed by atoms with van der Waals surface area (Å²) in [4.78, 5) is 12.1. The van der Waals surface area contributed by atoms with Gasteiger partial charge in [0, 0.05) is 22.3 Å². The third-order valence-corrected chi connectivity index (χ3v) is 7.52. The van der Waals surface area contributed by atoms with Gasteiger partial charge in [-0.05, 0) is 55.3 Å². The zero-order valence-electron chi connectivity index (χ0n) is 24.3. The topological polar surface area (TPSA) is 54.0 Å². The molecule has 1 aliphatic rings. The van der Waals surface area contributed by atoms with Gasteiger partial charge in [0.25, 0.3) is 0 Å². The van der Waals surface area contributed by atoms with E-state index < -0.39 is 11.9 Å². The first kappa shape index (κ1) is 28.4. The predicted octanol–water partition coefficient (Wildman–Crippen LogP) is 8.37. The molecule has 1 heterocycles. The minimum absolute atomic E-state index is 0.00337. The van der Waals surface area contributed by atoms with Crippen LogP contribution in [0.4, 0.5) is 0 Å². The van der Waals surface area contributed by atoms with Crippen LogP contribution in [-0.4, -0.2) is 25.6 Å². The Balaban J connectivity index is 1.55. The molecule has 0 radical (unpaired) electrons. The Hall–Kier alpha value is -4.71. The van der Waals surface area contributed by atoms with Crippen molar-refractivity contribution in [2.24, 2.45) is 0 Å². The summed E-state index contributed by atoms with van der Waals surface area (Å²) in [5, 5.41) is 0. The second kappa shape index (κ2) is 12.7. The first-order chi connectivity index (χ1) is 21.1. The van der Waals surface area contributed by atoms with Gasteiger partial charge in [-0.1, -0.05) is 97.1 Å². The average Bonchev–Trinajstić information content (AvgIpc) is 3.60. The summed E-state index contributed by atoms with van der Waals surface area (Å²) < 4.78 is 25.3. The van der Waals surface area contributed by atoms with Gasteiger partial charge in [-0.15, -0.1) is 0 Å². The standard InChI is InChI=1S/C38H34O5/c1-27(2)42-33-20-18-29(26-39)34(25-33)28-19-21-36(35(24-28)37-40-22-23-41-37)43-38(30-12-6-3-7-13-30,31-14-8-4-9-15-31)32-16-10-5-11-17-32/h3-21,24-27,37H,22-23H2,1-2H3. The third-order valence-electron chi connectivity index (χ3n) is 7.52. The molecule has 0 unspecified atom stereocenters. The molecule has 0 aliphatic carbocycles. The molecule has 6 rings (SSSR count). The highest BCUT2D eigenvalue weighted by Gasteiger charge is 2.40. The van der Waals surface area contributed by atoms with Crippen LogP contribution in [0.1, 0.15) is 52.7 Å². The number of carbonyl (C=O) groups excluding carboxylic acids is 1. The van der Waals surface area contributed by atoms with Crippen molar-refractivity contribution in [1.29, 1.82) is 0 Å². The average molecular weight is 571 g/mol. The molecule has 0 bridgehead atoms. The summed E-state index contributed by atoms with van der Waals surface area (Å²) >= 11 is 0. The van der Waals surface area contributed by atoms with Crippen molar-refractivity contribution in [1.82, 2.24) is 0 Å². The van der Waals surface area contributed by atoms with Gasteiger partial charge in [-0.2, -0.15) is 0 Å². The van der Waals surface area contributed by atoms with Gasteiger partial charge in [0.2, 0.25) is 0 Å². The molecule has 1 saturated heterocycles. The summed E-state index contributed by atoms with van der Waals surface area (Å²) in [6, 6.07) is 42.2. The van der Waals surface area contributed by atoms with E-state index in [-0.39, 0.29) is 6.10 Å². The lowest BCUT2D eigenvalue weighted by Crippen LogP contribution is -2.36. The number of rotatable bonds is 10. The fourth-order valence-corrected chi connectivity index (χ4v) is 5.63. The molecule has 5 heteroatoms. The number of hydrogen-bond acceptors (Lipinski definition) is 5. The summed E-state index contributed by atoms with van der Waals surface area (Å²) in [5.41, 5.74) is 4.89. The fraction of sp³-hybridized carbons (Fsp3) is 0.184. The van der Waals surface area contributed by atoms with Crippen LogP contribution in [0.15, 0.2) is 127 Å². The number of carbonyl (C=O) groups is 1. The fourth-order valence-electron chi connectivity index (χ4n) is 5.63. The van der Waals surface area contributed by atoms with Gasteiger partial charge >= 0.3 is 0 Å². The van der Waals surface area contributed by atoms with Crippen molar-refractivity contribution in [3.8, 4) is 22.6 Å². The van der Waals surface area contributed by atoms with Crippen LogP contribution >= 0.6 is 0 Å². The van der Waals surface area contributed by atoms with E-state index in [9.17, 15) is 4.79 Å². The monoisotopic (exact) mass is 570 g/mol. The maximum Gasteiger partial charge on any atom is 0.187 e. The maximum absolute atomic E-state index is 12.1. The van der Waals surface area contributed by atoms with E-state index in [1.807, 2.05) is 98.8 Å². The lowest BCUT2D eigenvalue weighted by atomic mass is 9.80. The molecule has 0 saturated carbocycles. The second-order valence-corrected chi connectivity index (χ2v) is 10.7. The van der Waals surface area contributed by atoms with Crippen molar-refractivity contribution < 1.29 is 23.7 Å². The Morgan fingerprint density at radius 1 is 0.721 bits per heavy atom. The molecule has 5 aromatic rings. The highest BCUT2D eigenvalue weighted by atomic mass is 16.7. The Morgan fingerprint density at radius 2 is 1.28 bits per heavy atom. The van der Waals surface area contributed by atoms with Gasteiger partial charge in [0.05, 0.1) is 24.9 Å². The molecule has 1 aliphatic heterocycles. The van der Waals surface area contributed by atoms with Gasteiger partial charge in [0.15, 0.2) is 18.2 Å². The summed E-state index contributed by atoms with van der Waals surface area (Å²) in [7, 11) is 0. The zero-order chi connectivity index (χ0) is 29.6. The van der Waals surface area contributed by atoms with Crippen molar-refractivity contribution in [2.75, 3.05) is 13.2 Å². The molecule has 0 atom stereocenters. The summed E-state index contributed by atoms with van der Waals surface area (Å²) in [5.74, 6) is 1.32. The molecule has 5 aromatic carbocycles. The van der Waals surface area contributed by atoms with Crippen LogP contribution in [0.5, 0.6) is 11.5 Å². The Kier molecular flexibility index (Phi) is 8.36. The van der Waals surface area contributed by atoms with E-state index in [4.69, 9.17) is 18.9 Å². The molecule has 0 N–H and O–H groups in total. The molecule has 1 fully saturated rings. The Labute approximate surface area is 252 Å². The largest absolute Gasteiger partial charge is 0.491 e. The number of aldehydes is 1. The van der Waals surface area contributed by atoms with E-state index in [0.29, 0.717) is 30.3 Å². The van der Waals surface area contributed by atoms with E-state index in [1.54, 1.807) is 6.07 Å². The molecule has 5 nitrogen and oxygen atoms in total. The first-order valence-corrected chi connectivity index (χ1v) is 14.6. The highest BCUT2D eigenvalue weighted by molar-refractivity contribution is 5.88. The van der Waals surface area contributed by atoms with Crippen LogP contribution in [0, 0.1) is 0 Å². The summed E-state index contributed by atoms with van der Waals surface area (Å²) in [6.07, 6.45) is 0.250. The van der Waals surface area contributed by atoms with Crippen LogP contribution in [0.2, 0.25) is 0 Å². The minimum Gasteiger partial charge on any atom is -0.491 e. The number of ether oxygens (including phenoxy) is 4. The normalized spacial score (nSPS) is 13.7. The molecular formula is C38H34O5. The molecule has 216 valence electrons.